The van der Waals surface area contributed by atoms with E-state index in [0.29, 0.717) is 10.6 Å². The number of halogens is 2. The van der Waals surface area contributed by atoms with E-state index in [1.807, 2.05) is 11.8 Å². The molecule has 4 heteroatoms. The highest BCUT2D eigenvalue weighted by atomic mass is 79.9. The summed E-state index contributed by atoms with van der Waals surface area (Å²) in [6, 6.07) is 5.33. The maximum absolute atomic E-state index is 12.3. The lowest BCUT2D eigenvalue weighted by molar-refractivity contribution is 0.0757. The Labute approximate surface area is 115 Å². The SMILES string of the molecule is CCN(CC1CC1)C(=O)c1ccc(Cl)c(Br)c1. The van der Waals surface area contributed by atoms with Crippen molar-refractivity contribution in [2.24, 2.45) is 5.92 Å². The van der Waals surface area contributed by atoms with E-state index in [0.717, 1.165) is 23.5 Å². The van der Waals surface area contributed by atoms with Crippen molar-refractivity contribution in [3.8, 4) is 0 Å². The molecular formula is C13H15BrClNO. The average Bonchev–Trinajstić information content (AvgIpc) is 3.12. The molecule has 1 aromatic carbocycles. The average molecular weight is 317 g/mol. The number of nitrogens with zero attached hydrogens (tertiary/aromatic N) is 1. The van der Waals surface area contributed by atoms with Gasteiger partial charge in [0.25, 0.3) is 5.91 Å². The summed E-state index contributed by atoms with van der Waals surface area (Å²) in [6.45, 7) is 3.66. The largest absolute Gasteiger partial charge is 0.339 e. The second-order valence-corrected chi connectivity index (χ2v) is 5.68. The Hall–Kier alpha value is -0.540. The third kappa shape index (κ3) is 3.23. The van der Waals surface area contributed by atoms with E-state index in [9.17, 15) is 4.79 Å². The first-order valence-electron chi connectivity index (χ1n) is 5.86. The number of amides is 1. The van der Waals surface area contributed by atoms with Crippen molar-refractivity contribution in [1.82, 2.24) is 4.90 Å². The molecule has 1 aliphatic rings. The van der Waals surface area contributed by atoms with Gasteiger partial charge in [0.2, 0.25) is 0 Å². The molecule has 0 aromatic heterocycles. The second kappa shape index (κ2) is 5.40. The Morgan fingerprint density at radius 3 is 2.76 bits per heavy atom. The Kier molecular flexibility index (Phi) is 4.10. The van der Waals surface area contributed by atoms with Crippen LogP contribution in [-0.2, 0) is 0 Å². The maximum atomic E-state index is 12.3. The van der Waals surface area contributed by atoms with Crippen LogP contribution >= 0.6 is 27.5 Å². The van der Waals surface area contributed by atoms with Crippen LogP contribution in [0, 0.1) is 5.92 Å². The van der Waals surface area contributed by atoms with Crippen LogP contribution in [0.3, 0.4) is 0 Å². The van der Waals surface area contributed by atoms with Crippen molar-refractivity contribution < 1.29 is 4.79 Å². The molecule has 2 rings (SSSR count). The van der Waals surface area contributed by atoms with Crippen LogP contribution in [0.4, 0.5) is 0 Å². The first kappa shape index (κ1) is 12.9. The number of carbonyl (C=O) groups is 1. The summed E-state index contributed by atoms with van der Waals surface area (Å²) in [5, 5.41) is 0.631. The van der Waals surface area contributed by atoms with Crippen molar-refractivity contribution in [1.29, 1.82) is 0 Å². The summed E-state index contributed by atoms with van der Waals surface area (Å²) >= 11 is 9.27. The van der Waals surface area contributed by atoms with E-state index in [4.69, 9.17) is 11.6 Å². The topological polar surface area (TPSA) is 20.3 Å². The Balaban J connectivity index is 2.12. The first-order valence-corrected chi connectivity index (χ1v) is 7.03. The zero-order valence-electron chi connectivity index (χ0n) is 9.75. The third-order valence-corrected chi connectivity index (χ3v) is 4.22. The van der Waals surface area contributed by atoms with Crippen LogP contribution in [0.25, 0.3) is 0 Å². The van der Waals surface area contributed by atoms with Gasteiger partial charge in [-0.2, -0.15) is 0 Å². The summed E-state index contributed by atoms with van der Waals surface area (Å²) in [5.74, 6) is 0.811. The fraction of sp³-hybridized carbons (Fsp3) is 0.462. The summed E-state index contributed by atoms with van der Waals surface area (Å²) < 4.78 is 0.771. The molecule has 1 aliphatic carbocycles. The van der Waals surface area contributed by atoms with Crippen molar-refractivity contribution in [2.75, 3.05) is 13.1 Å². The Bertz CT molecular complexity index is 431. The number of hydrogen-bond donors (Lipinski definition) is 0. The lowest BCUT2D eigenvalue weighted by Crippen LogP contribution is -2.32. The minimum absolute atomic E-state index is 0.0942. The molecule has 0 atom stereocenters. The molecule has 0 spiro atoms. The van der Waals surface area contributed by atoms with Crippen LogP contribution in [0.5, 0.6) is 0 Å². The van der Waals surface area contributed by atoms with Crippen molar-refractivity contribution in [2.45, 2.75) is 19.8 Å². The van der Waals surface area contributed by atoms with E-state index in [2.05, 4.69) is 15.9 Å². The molecule has 0 radical (unpaired) electrons. The van der Waals surface area contributed by atoms with E-state index in [1.54, 1.807) is 18.2 Å². The Morgan fingerprint density at radius 2 is 2.24 bits per heavy atom. The van der Waals surface area contributed by atoms with E-state index in [-0.39, 0.29) is 5.91 Å². The zero-order chi connectivity index (χ0) is 12.4. The molecule has 0 unspecified atom stereocenters. The predicted molar refractivity (Wildman–Crippen MR) is 73.5 cm³/mol. The molecule has 1 saturated carbocycles. The molecule has 0 saturated heterocycles. The normalized spacial score (nSPS) is 14.8. The van der Waals surface area contributed by atoms with Gasteiger partial charge in [-0.15, -0.1) is 0 Å². The maximum Gasteiger partial charge on any atom is 0.253 e. The van der Waals surface area contributed by atoms with Gasteiger partial charge in [-0.25, -0.2) is 0 Å². The van der Waals surface area contributed by atoms with Gasteiger partial charge in [0.05, 0.1) is 5.02 Å². The standard InChI is InChI=1S/C13H15BrClNO/c1-2-16(8-9-3-4-9)13(17)10-5-6-12(15)11(14)7-10/h5-7,9H,2-4,8H2,1H3. The quantitative estimate of drug-likeness (QED) is 0.823. The molecule has 17 heavy (non-hydrogen) atoms. The monoisotopic (exact) mass is 315 g/mol. The number of benzene rings is 1. The van der Waals surface area contributed by atoms with E-state index < -0.39 is 0 Å². The van der Waals surface area contributed by atoms with Crippen molar-refractivity contribution in [3.05, 3.63) is 33.3 Å². The fourth-order valence-corrected chi connectivity index (χ4v) is 2.28. The van der Waals surface area contributed by atoms with Crippen LogP contribution in [0.15, 0.2) is 22.7 Å². The van der Waals surface area contributed by atoms with Crippen LogP contribution < -0.4 is 0 Å². The van der Waals surface area contributed by atoms with Crippen LogP contribution in [0.2, 0.25) is 5.02 Å². The molecule has 92 valence electrons. The van der Waals surface area contributed by atoms with Gasteiger partial charge < -0.3 is 4.90 Å². The van der Waals surface area contributed by atoms with Gasteiger partial charge in [-0.1, -0.05) is 11.6 Å². The lowest BCUT2D eigenvalue weighted by atomic mass is 10.2. The van der Waals surface area contributed by atoms with Gasteiger partial charge in [0.15, 0.2) is 0 Å². The summed E-state index contributed by atoms with van der Waals surface area (Å²) in [5.41, 5.74) is 0.698. The van der Waals surface area contributed by atoms with Crippen molar-refractivity contribution in [3.63, 3.8) is 0 Å². The molecule has 0 aliphatic heterocycles. The van der Waals surface area contributed by atoms with Gasteiger partial charge in [-0.3, -0.25) is 4.79 Å². The minimum Gasteiger partial charge on any atom is -0.339 e. The molecule has 1 amide bonds. The summed E-state index contributed by atoms with van der Waals surface area (Å²) in [6.07, 6.45) is 2.52. The molecule has 0 heterocycles. The second-order valence-electron chi connectivity index (χ2n) is 4.42. The van der Waals surface area contributed by atoms with Gasteiger partial charge in [0.1, 0.15) is 0 Å². The molecular weight excluding hydrogens is 302 g/mol. The third-order valence-electron chi connectivity index (χ3n) is 3.01. The zero-order valence-corrected chi connectivity index (χ0v) is 12.1. The van der Waals surface area contributed by atoms with Crippen LogP contribution in [-0.4, -0.2) is 23.9 Å². The van der Waals surface area contributed by atoms with Gasteiger partial charge in [0, 0.05) is 23.1 Å². The van der Waals surface area contributed by atoms with Crippen molar-refractivity contribution >= 4 is 33.4 Å². The fourth-order valence-electron chi connectivity index (χ4n) is 1.78. The highest BCUT2D eigenvalue weighted by Gasteiger charge is 2.26. The molecule has 1 aromatic rings. The number of rotatable bonds is 4. The highest BCUT2D eigenvalue weighted by Crippen LogP contribution is 2.30. The molecule has 0 N–H and O–H groups in total. The molecule has 0 bridgehead atoms. The smallest absolute Gasteiger partial charge is 0.253 e. The van der Waals surface area contributed by atoms with E-state index in [1.165, 1.54) is 12.8 Å². The highest BCUT2D eigenvalue weighted by molar-refractivity contribution is 9.10. The minimum atomic E-state index is 0.0942. The molecule has 1 fully saturated rings. The predicted octanol–water partition coefficient (Wildman–Crippen LogP) is 3.97. The summed E-state index contributed by atoms with van der Waals surface area (Å²) in [4.78, 5) is 14.2. The van der Waals surface area contributed by atoms with Crippen LogP contribution in [0.1, 0.15) is 30.1 Å². The lowest BCUT2D eigenvalue weighted by Gasteiger charge is -2.20. The van der Waals surface area contributed by atoms with Gasteiger partial charge >= 0.3 is 0 Å². The summed E-state index contributed by atoms with van der Waals surface area (Å²) in [7, 11) is 0. The first-order chi connectivity index (χ1) is 8.11. The van der Waals surface area contributed by atoms with Gasteiger partial charge in [-0.05, 0) is 59.8 Å². The van der Waals surface area contributed by atoms with E-state index >= 15 is 0 Å². The number of carbonyl (C=O) groups excluding carboxylic acids is 1. The Morgan fingerprint density at radius 1 is 1.53 bits per heavy atom. The number of hydrogen-bond acceptors (Lipinski definition) is 1. The molecule has 2 nitrogen and oxygen atoms in total.